The van der Waals surface area contributed by atoms with Crippen LogP contribution in [0.15, 0.2) is 42.0 Å². The van der Waals surface area contributed by atoms with E-state index in [9.17, 15) is 14.7 Å². The number of carbonyl (C=O) groups excluding carboxylic acids is 2. The maximum atomic E-state index is 13.2. The number of alkyl halides is 1. The van der Waals surface area contributed by atoms with Crippen molar-refractivity contribution in [3.63, 3.8) is 0 Å². The summed E-state index contributed by atoms with van der Waals surface area (Å²) in [5, 5.41) is 17.9. The Morgan fingerprint density at radius 1 is 1.32 bits per heavy atom. The number of ether oxygens (including phenoxy) is 1. The van der Waals surface area contributed by atoms with Crippen molar-refractivity contribution < 1.29 is 19.4 Å². The van der Waals surface area contributed by atoms with E-state index in [4.69, 9.17) is 16.3 Å². The van der Waals surface area contributed by atoms with Crippen LogP contribution in [0.5, 0.6) is 5.75 Å². The molecule has 0 bridgehead atoms. The first-order valence-electron chi connectivity index (χ1n) is 12.3. The number of anilines is 3. The van der Waals surface area contributed by atoms with E-state index in [-0.39, 0.29) is 36.6 Å². The standard InChI is InChI=1S/C26H29ClN6O4S/c1-26(14-27,15-34)16-37-18-3-2-17-12-33(24(36)19(17)10-18)25-31-21(13-38-25)23(35)30-20-11-29-5-4-22(20)32-8-6-28-7-9-32/h2-5,10-11,13,28,34H,6-9,12,14-16H2,1H3,(H,30,35). The monoisotopic (exact) mass is 556 g/mol. The number of nitrogens with zero attached hydrogens (tertiary/aromatic N) is 4. The van der Waals surface area contributed by atoms with Gasteiger partial charge in [0.1, 0.15) is 11.4 Å². The molecule has 1 atom stereocenters. The Morgan fingerprint density at radius 3 is 2.89 bits per heavy atom. The predicted molar refractivity (Wildman–Crippen MR) is 148 cm³/mol. The number of piperazine rings is 1. The lowest BCUT2D eigenvalue weighted by Gasteiger charge is -2.30. The number of hydrogen-bond donors (Lipinski definition) is 3. The number of fused-ring (bicyclic) bond motifs is 1. The molecule has 200 valence electrons. The summed E-state index contributed by atoms with van der Waals surface area (Å²) in [6.07, 6.45) is 3.35. The molecule has 12 heteroatoms. The molecule has 2 aliphatic heterocycles. The molecule has 1 unspecified atom stereocenters. The molecule has 0 spiro atoms. The first kappa shape index (κ1) is 26.4. The summed E-state index contributed by atoms with van der Waals surface area (Å²) < 4.78 is 5.82. The normalized spacial score (nSPS) is 16.8. The van der Waals surface area contributed by atoms with Crippen LogP contribution >= 0.6 is 22.9 Å². The number of amides is 2. The lowest BCUT2D eigenvalue weighted by Crippen LogP contribution is -2.43. The van der Waals surface area contributed by atoms with Gasteiger partial charge < -0.3 is 25.4 Å². The second-order valence-corrected chi connectivity index (χ2v) is 10.8. The summed E-state index contributed by atoms with van der Waals surface area (Å²) in [5.41, 5.74) is 2.57. The van der Waals surface area contributed by atoms with Gasteiger partial charge in [0.15, 0.2) is 5.13 Å². The van der Waals surface area contributed by atoms with Crippen LogP contribution in [-0.4, -0.2) is 72.2 Å². The number of aromatic nitrogens is 2. The number of pyridine rings is 1. The van der Waals surface area contributed by atoms with Crippen molar-refractivity contribution in [2.24, 2.45) is 5.41 Å². The SMILES string of the molecule is CC(CO)(CCl)COc1ccc2c(c1)C(=O)N(c1nc(C(=O)Nc3cnccc3N3CCNCC3)cs1)C2. The second-order valence-electron chi connectivity index (χ2n) is 9.70. The molecule has 3 N–H and O–H groups in total. The van der Waals surface area contributed by atoms with Gasteiger partial charge in [-0.15, -0.1) is 22.9 Å². The third kappa shape index (κ3) is 5.46. The summed E-state index contributed by atoms with van der Waals surface area (Å²) >= 11 is 7.19. The van der Waals surface area contributed by atoms with Crippen molar-refractivity contribution in [3.8, 4) is 5.75 Å². The van der Waals surface area contributed by atoms with Crippen LogP contribution in [0, 0.1) is 5.41 Å². The Labute approximate surface area is 229 Å². The van der Waals surface area contributed by atoms with Crippen LogP contribution in [0.2, 0.25) is 0 Å². The van der Waals surface area contributed by atoms with E-state index in [1.165, 1.54) is 11.3 Å². The highest BCUT2D eigenvalue weighted by Crippen LogP contribution is 2.33. The van der Waals surface area contributed by atoms with Gasteiger partial charge in [-0.25, -0.2) is 4.98 Å². The zero-order chi connectivity index (χ0) is 26.7. The molecule has 1 fully saturated rings. The number of aliphatic hydroxyl groups excluding tert-OH is 1. The highest BCUT2D eigenvalue weighted by atomic mass is 35.5. The number of halogens is 1. The van der Waals surface area contributed by atoms with Crippen LogP contribution in [0.4, 0.5) is 16.5 Å². The first-order valence-corrected chi connectivity index (χ1v) is 13.7. The van der Waals surface area contributed by atoms with Gasteiger partial charge in [-0.2, -0.15) is 0 Å². The van der Waals surface area contributed by atoms with Gasteiger partial charge in [-0.1, -0.05) is 13.0 Å². The lowest BCUT2D eigenvalue weighted by molar-refractivity contribution is 0.0981. The van der Waals surface area contributed by atoms with Crippen molar-refractivity contribution in [1.29, 1.82) is 0 Å². The minimum atomic E-state index is -0.573. The van der Waals surface area contributed by atoms with Crippen molar-refractivity contribution in [2.45, 2.75) is 13.5 Å². The van der Waals surface area contributed by atoms with E-state index in [1.54, 1.807) is 34.8 Å². The molecule has 1 saturated heterocycles. The van der Waals surface area contributed by atoms with Crippen molar-refractivity contribution >= 4 is 51.3 Å². The Bertz CT molecular complexity index is 1320. The molecule has 10 nitrogen and oxygen atoms in total. The van der Waals surface area contributed by atoms with Gasteiger partial charge in [-0.3, -0.25) is 19.5 Å². The highest BCUT2D eigenvalue weighted by molar-refractivity contribution is 7.14. The van der Waals surface area contributed by atoms with Gasteiger partial charge in [-0.05, 0) is 23.8 Å². The molecule has 0 aliphatic carbocycles. The minimum Gasteiger partial charge on any atom is -0.493 e. The third-order valence-electron chi connectivity index (χ3n) is 6.64. The van der Waals surface area contributed by atoms with Crippen molar-refractivity contribution in [1.82, 2.24) is 15.3 Å². The fourth-order valence-electron chi connectivity index (χ4n) is 4.25. The van der Waals surface area contributed by atoms with Gasteiger partial charge in [0, 0.05) is 54.6 Å². The molecule has 3 aromatic rings. The Balaban J connectivity index is 1.27. The number of carbonyl (C=O) groups is 2. The molecule has 2 aliphatic rings. The molecule has 2 amide bonds. The summed E-state index contributed by atoms with van der Waals surface area (Å²) in [5.74, 6) is 0.212. The average molecular weight is 557 g/mol. The lowest BCUT2D eigenvalue weighted by atomic mass is 9.96. The molecule has 2 aromatic heterocycles. The maximum Gasteiger partial charge on any atom is 0.275 e. The number of nitrogens with one attached hydrogen (secondary N) is 2. The fraction of sp³-hybridized carbons (Fsp3) is 0.385. The van der Waals surface area contributed by atoms with E-state index in [2.05, 4.69) is 25.5 Å². The summed E-state index contributed by atoms with van der Waals surface area (Å²) in [7, 11) is 0. The Kier molecular flexibility index (Phi) is 7.80. The van der Waals surface area contributed by atoms with Crippen LogP contribution < -0.4 is 25.2 Å². The fourth-order valence-corrected chi connectivity index (χ4v) is 5.22. The topological polar surface area (TPSA) is 120 Å². The Hall–Kier alpha value is -3.25. The smallest absolute Gasteiger partial charge is 0.275 e. The van der Waals surface area contributed by atoms with E-state index < -0.39 is 5.41 Å². The van der Waals surface area contributed by atoms with Crippen LogP contribution in [0.1, 0.15) is 33.3 Å². The molecule has 4 heterocycles. The zero-order valence-corrected chi connectivity index (χ0v) is 22.5. The van der Waals surface area contributed by atoms with Crippen molar-refractivity contribution in [3.05, 3.63) is 58.9 Å². The summed E-state index contributed by atoms with van der Waals surface area (Å²) in [6, 6.07) is 7.24. The molecule has 0 radical (unpaired) electrons. The largest absolute Gasteiger partial charge is 0.493 e. The predicted octanol–water partition coefficient (Wildman–Crippen LogP) is 2.98. The number of rotatable bonds is 9. The molecule has 5 rings (SSSR count). The molecule has 0 saturated carbocycles. The van der Waals surface area contributed by atoms with Gasteiger partial charge in [0.2, 0.25) is 0 Å². The highest BCUT2D eigenvalue weighted by Gasteiger charge is 2.32. The van der Waals surface area contributed by atoms with Gasteiger partial charge in [0.05, 0.1) is 37.3 Å². The van der Waals surface area contributed by atoms with Gasteiger partial charge in [0.25, 0.3) is 11.8 Å². The molecular formula is C26H29ClN6O4S. The Morgan fingerprint density at radius 2 is 2.13 bits per heavy atom. The van der Waals surface area contributed by atoms with Crippen LogP contribution in [0.25, 0.3) is 0 Å². The minimum absolute atomic E-state index is 0.105. The summed E-state index contributed by atoms with van der Waals surface area (Å²) in [4.78, 5) is 38.7. The third-order valence-corrected chi connectivity index (χ3v) is 8.15. The quantitative estimate of drug-likeness (QED) is 0.344. The number of benzene rings is 1. The van der Waals surface area contributed by atoms with Gasteiger partial charge >= 0.3 is 0 Å². The average Bonchev–Trinajstić information content (AvgIpc) is 3.57. The number of thiazole rings is 1. The number of hydrogen-bond acceptors (Lipinski definition) is 9. The van der Waals surface area contributed by atoms with E-state index >= 15 is 0 Å². The zero-order valence-electron chi connectivity index (χ0n) is 20.9. The summed E-state index contributed by atoms with van der Waals surface area (Å²) in [6.45, 7) is 5.73. The second kappa shape index (κ2) is 11.2. The maximum absolute atomic E-state index is 13.2. The van der Waals surface area contributed by atoms with E-state index in [1.807, 2.05) is 19.1 Å². The first-order chi connectivity index (χ1) is 18.4. The van der Waals surface area contributed by atoms with Crippen LogP contribution in [-0.2, 0) is 6.54 Å². The van der Waals surface area contributed by atoms with Crippen LogP contribution in [0.3, 0.4) is 0 Å². The van der Waals surface area contributed by atoms with E-state index in [0.29, 0.717) is 28.7 Å². The number of aliphatic hydroxyl groups is 1. The molecule has 1 aromatic carbocycles. The van der Waals surface area contributed by atoms with Crippen molar-refractivity contribution in [2.75, 3.05) is 60.4 Å². The molecule has 38 heavy (non-hydrogen) atoms. The van der Waals surface area contributed by atoms with E-state index in [0.717, 1.165) is 37.4 Å². The molecular weight excluding hydrogens is 528 g/mol.